The predicted molar refractivity (Wildman–Crippen MR) is 62.2 cm³/mol. The maximum Gasteiger partial charge on any atom is 0.272 e. The van der Waals surface area contributed by atoms with Crippen molar-refractivity contribution in [1.29, 1.82) is 0 Å². The molecule has 0 amide bonds. The second-order valence-electron chi connectivity index (χ2n) is 3.51. The fraction of sp³-hybridized carbons (Fsp3) is 0. The van der Waals surface area contributed by atoms with Gasteiger partial charge in [-0.2, -0.15) is 0 Å². The van der Waals surface area contributed by atoms with E-state index < -0.39 is 0 Å². The Morgan fingerprint density at radius 3 is 2.94 bits per heavy atom. The van der Waals surface area contributed by atoms with Gasteiger partial charge in [-0.25, -0.2) is 0 Å². The Balaban J connectivity index is 2.75. The van der Waals surface area contributed by atoms with E-state index in [9.17, 15) is 9.90 Å². The molecule has 0 fully saturated rings. The molecule has 16 heavy (non-hydrogen) atoms. The normalized spacial score (nSPS) is 11.3. The number of aromatic nitrogens is 2. The van der Waals surface area contributed by atoms with Gasteiger partial charge in [0.1, 0.15) is 16.8 Å². The standard InChI is InChI=1S/C11H7ClN2O2/c12-6-3-4-8(15)9-10(6)14-5-1-2-7(14)11(16)13-9/h1-5,15H,(H,13,16). The van der Waals surface area contributed by atoms with Crippen molar-refractivity contribution in [2.24, 2.45) is 0 Å². The van der Waals surface area contributed by atoms with Crippen LogP contribution in [0.4, 0.5) is 0 Å². The molecule has 0 aliphatic carbocycles. The molecule has 0 aliphatic heterocycles. The number of fused-ring (bicyclic) bond motifs is 3. The van der Waals surface area contributed by atoms with Crippen LogP contribution in [-0.2, 0) is 0 Å². The molecule has 0 radical (unpaired) electrons. The number of aromatic hydroxyl groups is 1. The van der Waals surface area contributed by atoms with Crippen molar-refractivity contribution < 1.29 is 5.11 Å². The fourth-order valence-electron chi connectivity index (χ4n) is 1.85. The van der Waals surface area contributed by atoms with Gasteiger partial charge in [0.2, 0.25) is 0 Å². The maximum atomic E-state index is 11.7. The van der Waals surface area contributed by atoms with E-state index in [0.717, 1.165) is 0 Å². The Kier molecular flexibility index (Phi) is 1.76. The van der Waals surface area contributed by atoms with Crippen LogP contribution in [0.25, 0.3) is 16.6 Å². The lowest BCUT2D eigenvalue weighted by Gasteiger charge is -2.06. The Hall–Kier alpha value is -1.94. The summed E-state index contributed by atoms with van der Waals surface area (Å²) in [5.41, 5.74) is 1.19. The van der Waals surface area contributed by atoms with E-state index in [1.54, 1.807) is 28.8 Å². The molecule has 0 atom stereocenters. The first-order valence-corrected chi connectivity index (χ1v) is 5.07. The van der Waals surface area contributed by atoms with Crippen molar-refractivity contribution in [2.45, 2.75) is 0 Å². The number of hydrogen-bond donors (Lipinski definition) is 2. The molecule has 2 aromatic heterocycles. The predicted octanol–water partition coefficient (Wildman–Crippen LogP) is 2.14. The lowest BCUT2D eigenvalue weighted by molar-refractivity contribution is 0.480. The van der Waals surface area contributed by atoms with Crippen LogP contribution in [0.2, 0.25) is 5.02 Å². The molecule has 3 aromatic rings. The van der Waals surface area contributed by atoms with Crippen molar-refractivity contribution in [3.63, 3.8) is 0 Å². The topological polar surface area (TPSA) is 57.5 Å². The third-order valence-electron chi connectivity index (χ3n) is 2.57. The lowest BCUT2D eigenvalue weighted by Crippen LogP contribution is -2.09. The number of rotatable bonds is 0. The zero-order valence-corrected chi connectivity index (χ0v) is 8.82. The Morgan fingerprint density at radius 2 is 2.12 bits per heavy atom. The number of H-pyrrole nitrogens is 1. The molecule has 0 unspecified atom stereocenters. The van der Waals surface area contributed by atoms with Gasteiger partial charge in [0.05, 0.1) is 10.5 Å². The molecule has 0 aliphatic rings. The van der Waals surface area contributed by atoms with Crippen LogP contribution < -0.4 is 5.56 Å². The maximum absolute atomic E-state index is 11.7. The van der Waals surface area contributed by atoms with Gasteiger partial charge >= 0.3 is 0 Å². The number of phenolic OH excluding ortho intramolecular Hbond substituents is 1. The van der Waals surface area contributed by atoms with Gasteiger partial charge in [0.25, 0.3) is 5.56 Å². The summed E-state index contributed by atoms with van der Waals surface area (Å²) in [6.07, 6.45) is 1.73. The van der Waals surface area contributed by atoms with E-state index in [1.807, 2.05) is 0 Å². The van der Waals surface area contributed by atoms with Gasteiger partial charge in [-0.15, -0.1) is 0 Å². The SMILES string of the molecule is O=c1[nH]c2c(O)ccc(Cl)c2n2cccc12. The first-order valence-electron chi connectivity index (χ1n) is 4.69. The molecule has 1 aromatic carbocycles. The monoisotopic (exact) mass is 234 g/mol. The molecule has 5 heteroatoms. The average Bonchev–Trinajstić information content (AvgIpc) is 2.73. The minimum atomic E-state index is -0.255. The highest BCUT2D eigenvalue weighted by molar-refractivity contribution is 6.35. The molecule has 80 valence electrons. The molecule has 0 spiro atoms. The molecule has 3 rings (SSSR count). The third-order valence-corrected chi connectivity index (χ3v) is 2.87. The van der Waals surface area contributed by atoms with E-state index in [1.165, 1.54) is 6.07 Å². The summed E-state index contributed by atoms with van der Waals surface area (Å²) in [5.74, 6) is 0.00657. The molecule has 2 heterocycles. The van der Waals surface area contributed by atoms with Crippen molar-refractivity contribution in [1.82, 2.24) is 9.38 Å². The number of nitrogens with zero attached hydrogens (tertiary/aromatic N) is 1. The highest BCUT2D eigenvalue weighted by atomic mass is 35.5. The molecule has 2 N–H and O–H groups in total. The van der Waals surface area contributed by atoms with Crippen molar-refractivity contribution in [3.05, 3.63) is 45.8 Å². The van der Waals surface area contributed by atoms with Crippen LogP contribution in [-0.4, -0.2) is 14.5 Å². The summed E-state index contributed by atoms with van der Waals surface area (Å²) >= 11 is 6.06. The van der Waals surface area contributed by atoms with Gasteiger partial charge in [-0.05, 0) is 24.3 Å². The number of hydrogen-bond acceptors (Lipinski definition) is 2. The van der Waals surface area contributed by atoms with Crippen LogP contribution in [0.5, 0.6) is 5.75 Å². The zero-order chi connectivity index (χ0) is 11.3. The number of aromatic amines is 1. The Labute approximate surface area is 94.7 Å². The second kappa shape index (κ2) is 3.02. The summed E-state index contributed by atoms with van der Waals surface area (Å²) in [4.78, 5) is 14.3. The highest BCUT2D eigenvalue weighted by Crippen LogP contribution is 2.28. The van der Waals surface area contributed by atoms with E-state index in [2.05, 4.69) is 4.98 Å². The molecular weight excluding hydrogens is 228 g/mol. The van der Waals surface area contributed by atoms with Crippen LogP contribution in [0.15, 0.2) is 35.3 Å². The summed E-state index contributed by atoms with van der Waals surface area (Å²) in [7, 11) is 0. The van der Waals surface area contributed by atoms with Crippen LogP contribution >= 0.6 is 11.6 Å². The second-order valence-corrected chi connectivity index (χ2v) is 3.91. The van der Waals surface area contributed by atoms with Crippen LogP contribution in [0.1, 0.15) is 0 Å². The van der Waals surface area contributed by atoms with E-state index in [0.29, 0.717) is 21.6 Å². The largest absolute Gasteiger partial charge is 0.506 e. The molecule has 0 saturated heterocycles. The van der Waals surface area contributed by atoms with Gasteiger partial charge in [0.15, 0.2) is 0 Å². The van der Waals surface area contributed by atoms with Gasteiger partial charge in [0, 0.05) is 6.20 Å². The van der Waals surface area contributed by atoms with Crippen molar-refractivity contribution in [2.75, 3.05) is 0 Å². The van der Waals surface area contributed by atoms with E-state index >= 15 is 0 Å². The molecule has 4 nitrogen and oxygen atoms in total. The summed E-state index contributed by atoms with van der Waals surface area (Å²) in [6, 6.07) is 6.50. The van der Waals surface area contributed by atoms with Crippen molar-refractivity contribution >= 4 is 28.2 Å². The van der Waals surface area contributed by atoms with Gasteiger partial charge in [-0.1, -0.05) is 11.6 Å². The molecule has 0 bridgehead atoms. The number of nitrogens with one attached hydrogen (secondary N) is 1. The minimum absolute atomic E-state index is 0.00657. The minimum Gasteiger partial charge on any atom is -0.506 e. The van der Waals surface area contributed by atoms with E-state index in [4.69, 9.17) is 11.6 Å². The first kappa shape index (κ1) is 9.30. The molecular formula is C11H7ClN2O2. The quantitative estimate of drug-likeness (QED) is 0.626. The van der Waals surface area contributed by atoms with Crippen molar-refractivity contribution in [3.8, 4) is 5.75 Å². The summed E-state index contributed by atoms with van der Waals surface area (Å²) in [6.45, 7) is 0. The number of halogens is 1. The van der Waals surface area contributed by atoms with Crippen LogP contribution in [0, 0.1) is 0 Å². The Morgan fingerprint density at radius 1 is 1.31 bits per heavy atom. The Bertz CT molecular complexity index is 758. The third kappa shape index (κ3) is 1.07. The average molecular weight is 235 g/mol. The zero-order valence-electron chi connectivity index (χ0n) is 8.07. The highest BCUT2D eigenvalue weighted by Gasteiger charge is 2.10. The molecule has 0 saturated carbocycles. The fourth-order valence-corrected chi connectivity index (χ4v) is 2.10. The lowest BCUT2D eigenvalue weighted by atomic mass is 10.2. The number of phenols is 1. The number of benzene rings is 1. The summed E-state index contributed by atoms with van der Waals surface area (Å²) in [5, 5.41) is 10.2. The first-order chi connectivity index (χ1) is 7.68. The van der Waals surface area contributed by atoms with Gasteiger partial charge < -0.3 is 14.5 Å². The van der Waals surface area contributed by atoms with Gasteiger partial charge in [-0.3, -0.25) is 4.79 Å². The van der Waals surface area contributed by atoms with Crippen LogP contribution in [0.3, 0.4) is 0 Å². The summed E-state index contributed by atoms with van der Waals surface area (Å²) < 4.78 is 1.66. The van der Waals surface area contributed by atoms with E-state index in [-0.39, 0.29) is 11.3 Å². The smallest absolute Gasteiger partial charge is 0.272 e.